The zero-order chi connectivity index (χ0) is 17.2. The van der Waals surface area contributed by atoms with Crippen molar-refractivity contribution in [1.29, 1.82) is 0 Å². The molecule has 0 radical (unpaired) electrons. The molecule has 0 bridgehead atoms. The number of hydrogen-bond donors (Lipinski definition) is 1. The van der Waals surface area contributed by atoms with Crippen molar-refractivity contribution in [3.05, 3.63) is 77.3 Å². The molecule has 25 heavy (non-hydrogen) atoms. The zero-order valence-corrected chi connectivity index (χ0v) is 16.0. The van der Waals surface area contributed by atoms with Crippen LogP contribution >= 0.6 is 27.7 Å². The Morgan fingerprint density at radius 2 is 1.68 bits per heavy atom. The molecule has 0 unspecified atom stereocenters. The van der Waals surface area contributed by atoms with E-state index >= 15 is 0 Å². The van der Waals surface area contributed by atoms with Crippen molar-refractivity contribution < 1.29 is 4.74 Å². The number of aromatic nitrogens is 1. The fourth-order valence-electron chi connectivity index (χ4n) is 2.81. The molecular formula is C21H16BrNOS. The van der Waals surface area contributed by atoms with Crippen molar-refractivity contribution >= 4 is 38.6 Å². The molecule has 124 valence electrons. The molecule has 0 saturated heterocycles. The number of ether oxygens (including phenoxy) is 1. The van der Waals surface area contributed by atoms with Crippen LogP contribution in [-0.4, -0.2) is 12.1 Å². The third kappa shape index (κ3) is 3.32. The number of methoxy groups -OCH3 is 1. The zero-order valence-electron chi connectivity index (χ0n) is 13.6. The summed E-state index contributed by atoms with van der Waals surface area (Å²) in [7, 11) is 1.69. The van der Waals surface area contributed by atoms with Crippen molar-refractivity contribution in [1.82, 2.24) is 4.98 Å². The molecule has 0 amide bonds. The number of benzene rings is 3. The molecule has 1 heterocycles. The highest BCUT2D eigenvalue weighted by Gasteiger charge is 2.15. The Kier molecular flexibility index (Phi) is 4.55. The molecule has 3 aromatic carbocycles. The molecule has 4 rings (SSSR count). The summed E-state index contributed by atoms with van der Waals surface area (Å²) in [5.74, 6) is 0.861. The van der Waals surface area contributed by atoms with Gasteiger partial charge in [0.05, 0.1) is 12.8 Å². The summed E-state index contributed by atoms with van der Waals surface area (Å²) < 4.78 is 6.36. The molecule has 1 aromatic heterocycles. The molecular weight excluding hydrogens is 394 g/mol. The molecule has 4 heteroatoms. The maximum Gasteiger partial charge on any atom is 0.118 e. The van der Waals surface area contributed by atoms with E-state index in [0.29, 0.717) is 0 Å². The highest BCUT2D eigenvalue weighted by molar-refractivity contribution is 9.10. The molecule has 0 saturated carbocycles. The van der Waals surface area contributed by atoms with Crippen molar-refractivity contribution in [2.45, 2.75) is 9.79 Å². The average Bonchev–Trinajstić information content (AvgIpc) is 3.00. The first kappa shape index (κ1) is 16.3. The second kappa shape index (κ2) is 6.98. The summed E-state index contributed by atoms with van der Waals surface area (Å²) in [5, 5.41) is 1.22. The van der Waals surface area contributed by atoms with Gasteiger partial charge in [0.25, 0.3) is 0 Å². The topological polar surface area (TPSA) is 25.0 Å². The number of halogens is 1. The van der Waals surface area contributed by atoms with Crippen LogP contribution in [0, 0.1) is 0 Å². The summed E-state index contributed by atoms with van der Waals surface area (Å²) in [6.07, 6.45) is 0. The van der Waals surface area contributed by atoms with Gasteiger partial charge >= 0.3 is 0 Å². The summed E-state index contributed by atoms with van der Waals surface area (Å²) >= 11 is 5.38. The third-order valence-electron chi connectivity index (χ3n) is 4.05. The Balaban J connectivity index is 1.88. The monoisotopic (exact) mass is 409 g/mol. The minimum atomic E-state index is 0.861. The van der Waals surface area contributed by atoms with Gasteiger partial charge in [0.2, 0.25) is 0 Å². The minimum Gasteiger partial charge on any atom is -0.497 e. The van der Waals surface area contributed by atoms with Gasteiger partial charge in [0.15, 0.2) is 0 Å². The van der Waals surface area contributed by atoms with Gasteiger partial charge in [-0.3, -0.25) is 0 Å². The van der Waals surface area contributed by atoms with Crippen LogP contribution in [0.4, 0.5) is 0 Å². The predicted octanol–water partition coefficient (Wildman–Crippen LogP) is 6.76. The van der Waals surface area contributed by atoms with Gasteiger partial charge in [0, 0.05) is 25.2 Å². The maximum atomic E-state index is 5.28. The van der Waals surface area contributed by atoms with E-state index in [9.17, 15) is 0 Å². The maximum absolute atomic E-state index is 5.28. The fraction of sp³-hybridized carbons (Fsp3) is 0.0476. The Morgan fingerprint density at radius 1 is 0.920 bits per heavy atom. The Bertz CT molecular complexity index is 1010. The van der Waals surface area contributed by atoms with Gasteiger partial charge in [-0.15, -0.1) is 0 Å². The van der Waals surface area contributed by atoms with E-state index in [1.165, 1.54) is 15.2 Å². The van der Waals surface area contributed by atoms with Crippen LogP contribution in [0.2, 0.25) is 0 Å². The van der Waals surface area contributed by atoms with E-state index in [4.69, 9.17) is 4.74 Å². The lowest BCUT2D eigenvalue weighted by Gasteiger charge is -2.06. The molecule has 2 nitrogen and oxygen atoms in total. The number of rotatable bonds is 4. The number of aromatic amines is 1. The van der Waals surface area contributed by atoms with E-state index in [0.717, 1.165) is 27.0 Å². The van der Waals surface area contributed by atoms with Crippen molar-refractivity contribution in [3.63, 3.8) is 0 Å². The third-order valence-corrected chi connectivity index (χ3v) is 5.68. The average molecular weight is 410 g/mol. The van der Waals surface area contributed by atoms with E-state index in [1.807, 2.05) is 18.2 Å². The molecule has 0 aliphatic rings. The summed E-state index contributed by atoms with van der Waals surface area (Å²) in [6, 6.07) is 25.0. The predicted molar refractivity (Wildman–Crippen MR) is 109 cm³/mol. The molecule has 1 N–H and O–H groups in total. The van der Waals surface area contributed by atoms with Gasteiger partial charge in [-0.1, -0.05) is 45.9 Å². The van der Waals surface area contributed by atoms with Gasteiger partial charge < -0.3 is 9.72 Å². The molecule has 0 atom stereocenters. The van der Waals surface area contributed by atoms with Crippen LogP contribution in [0.5, 0.6) is 5.75 Å². The fourth-order valence-corrected chi connectivity index (χ4v) is 4.25. The molecule has 0 fully saturated rings. The second-order valence-electron chi connectivity index (χ2n) is 5.66. The minimum absolute atomic E-state index is 0.861. The quantitative estimate of drug-likeness (QED) is 0.402. The highest BCUT2D eigenvalue weighted by Crippen LogP contribution is 2.42. The first-order chi connectivity index (χ1) is 12.2. The standard InChI is InChI=1S/C21H16BrNOS/c1-24-16-10-7-14(8-11-16)20-21(25-17-5-3-2-4-6-17)18-13-15(22)9-12-19(18)23-20/h2-13,23H,1H3. The van der Waals surface area contributed by atoms with Crippen LogP contribution in [0.3, 0.4) is 0 Å². The Morgan fingerprint density at radius 3 is 2.40 bits per heavy atom. The van der Waals surface area contributed by atoms with E-state index in [2.05, 4.69) is 75.5 Å². The molecule has 4 aromatic rings. The molecule has 0 spiro atoms. The van der Waals surface area contributed by atoms with Gasteiger partial charge in [-0.25, -0.2) is 0 Å². The lowest BCUT2D eigenvalue weighted by Crippen LogP contribution is -1.84. The van der Waals surface area contributed by atoms with E-state index in [-0.39, 0.29) is 0 Å². The number of nitrogens with one attached hydrogen (secondary N) is 1. The Hall–Kier alpha value is -2.17. The molecule has 0 aliphatic heterocycles. The second-order valence-corrected chi connectivity index (χ2v) is 7.66. The highest BCUT2D eigenvalue weighted by atomic mass is 79.9. The van der Waals surface area contributed by atoms with Gasteiger partial charge in [0.1, 0.15) is 5.75 Å². The molecule has 0 aliphatic carbocycles. The lowest BCUT2D eigenvalue weighted by molar-refractivity contribution is 0.415. The van der Waals surface area contributed by atoms with Crippen LogP contribution in [-0.2, 0) is 0 Å². The van der Waals surface area contributed by atoms with Crippen molar-refractivity contribution in [2.24, 2.45) is 0 Å². The van der Waals surface area contributed by atoms with Crippen molar-refractivity contribution in [3.8, 4) is 17.0 Å². The van der Waals surface area contributed by atoms with E-state index < -0.39 is 0 Å². The normalized spacial score (nSPS) is 11.0. The summed E-state index contributed by atoms with van der Waals surface area (Å²) in [5.41, 5.74) is 3.41. The smallest absolute Gasteiger partial charge is 0.118 e. The first-order valence-corrected chi connectivity index (χ1v) is 9.54. The van der Waals surface area contributed by atoms with E-state index in [1.54, 1.807) is 18.9 Å². The van der Waals surface area contributed by atoms with Crippen LogP contribution in [0.15, 0.2) is 87.1 Å². The van der Waals surface area contributed by atoms with Crippen LogP contribution < -0.4 is 4.74 Å². The number of H-pyrrole nitrogens is 1. The van der Waals surface area contributed by atoms with Gasteiger partial charge in [-0.2, -0.15) is 0 Å². The largest absolute Gasteiger partial charge is 0.497 e. The van der Waals surface area contributed by atoms with Crippen LogP contribution in [0.25, 0.3) is 22.2 Å². The first-order valence-electron chi connectivity index (χ1n) is 7.93. The SMILES string of the molecule is COc1ccc(-c2[nH]c3ccc(Br)cc3c2Sc2ccccc2)cc1. The van der Waals surface area contributed by atoms with Crippen molar-refractivity contribution in [2.75, 3.05) is 7.11 Å². The number of hydrogen-bond acceptors (Lipinski definition) is 2. The van der Waals surface area contributed by atoms with Gasteiger partial charge in [-0.05, 0) is 60.2 Å². The summed E-state index contributed by atoms with van der Waals surface area (Å²) in [6.45, 7) is 0. The number of fused-ring (bicyclic) bond motifs is 1. The van der Waals surface area contributed by atoms with Crippen LogP contribution in [0.1, 0.15) is 0 Å². The summed E-state index contributed by atoms with van der Waals surface area (Å²) in [4.78, 5) is 6.03. The lowest BCUT2D eigenvalue weighted by atomic mass is 10.1. The Labute approximate surface area is 159 Å².